The van der Waals surface area contributed by atoms with Gasteiger partial charge in [0, 0.05) is 18.8 Å². The normalized spacial score (nSPS) is 17.6. The fourth-order valence-electron chi connectivity index (χ4n) is 5.15. The molecule has 5 rings (SSSR count). The van der Waals surface area contributed by atoms with Crippen LogP contribution >= 0.6 is 11.3 Å². The second-order valence-electron chi connectivity index (χ2n) is 9.32. The van der Waals surface area contributed by atoms with Gasteiger partial charge in [0.15, 0.2) is 4.80 Å². The van der Waals surface area contributed by atoms with E-state index in [9.17, 15) is 9.59 Å². The summed E-state index contributed by atoms with van der Waals surface area (Å²) in [5.74, 6) is 0.171. The van der Waals surface area contributed by atoms with Gasteiger partial charge >= 0.3 is 5.97 Å². The van der Waals surface area contributed by atoms with Crippen LogP contribution in [0.25, 0.3) is 6.08 Å². The molecule has 8 heteroatoms. The zero-order valence-corrected chi connectivity index (χ0v) is 22.4. The maximum Gasteiger partial charge on any atom is 0.338 e. The van der Waals surface area contributed by atoms with Crippen LogP contribution in [0.4, 0.5) is 5.69 Å². The summed E-state index contributed by atoms with van der Waals surface area (Å²) in [4.78, 5) is 34.5. The summed E-state index contributed by atoms with van der Waals surface area (Å²) in [5, 5.41) is 0. The van der Waals surface area contributed by atoms with Crippen molar-refractivity contribution >= 4 is 29.1 Å². The van der Waals surface area contributed by atoms with Crippen molar-refractivity contribution in [1.29, 1.82) is 0 Å². The largest absolute Gasteiger partial charge is 0.497 e. The first-order chi connectivity index (χ1) is 17.9. The van der Waals surface area contributed by atoms with Gasteiger partial charge in [0.25, 0.3) is 5.56 Å². The average molecular weight is 518 g/mol. The van der Waals surface area contributed by atoms with E-state index in [2.05, 4.69) is 35.0 Å². The Morgan fingerprint density at radius 2 is 1.95 bits per heavy atom. The van der Waals surface area contributed by atoms with Gasteiger partial charge in [0.2, 0.25) is 0 Å². The van der Waals surface area contributed by atoms with Crippen LogP contribution in [0.1, 0.15) is 49.4 Å². The fourth-order valence-corrected chi connectivity index (χ4v) is 6.20. The number of hydrogen-bond acceptors (Lipinski definition) is 7. The molecule has 192 valence electrons. The second kappa shape index (κ2) is 10.4. The van der Waals surface area contributed by atoms with E-state index in [1.54, 1.807) is 25.5 Å². The lowest BCUT2D eigenvalue weighted by Gasteiger charge is -2.25. The number of hydrogen-bond donors (Lipinski definition) is 0. The lowest BCUT2D eigenvalue weighted by molar-refractivity contribution is -0.139. The van der Waals surface area contributed by atoms with Crippen molar-refractivity contribution < 1.29 is 14.3 Å². The number of aromatic nitrogens is 1. The molecule has 0 unspecified atom stereocenters. The van der Waals surface area contributed by atoms with Crippen molar-refractivity contribution in [1.82, 2.24) is 4.57 Å². The quantitative estimate of drug-likeness (QED) is 0.466. The molecule has 2 aromatic carbocycles. The van der Waals surface area contributed by atoms with Crippen molar-refractivity contribution in [3.8, 4) is 5.75 Å². The van der Waals surface area contributed by atoms with Crippen LogP contribution in [-0.2, 0) is 9.53 Å². The van der Waals surface area contributed by atoms with Crippen molar-refractivity contribution in [2.45, 2.75) is 39.7 Å². The summed E-state index contributed by atoms with van der Waals surface area (Å²) in [6.45, 7) is 8.08. The first-order valence-electron chi connectivity index (χ1n) is 12.6. The SMILES string of the molecule is CCOC(=O)C1=C(C)N=c2s/c(=C/c3ccc(N4CCCC4)c(C)c3)c(=O)n2[C@H]1c1cccc(OC)c1. The molecule has 0 spiro atoms. The Balaban J connectivity index is 1.64. The minimum atomic E-state index is -0.660. The molecule has 1 aromatic heterocycles. The van der Waals surface area contributed by atoms with Gasteiger partial charge in [-0.2, -0.15) is 0 Å². The van der Waals surface area contributed by atoms with Crippen LogP contribution in [0.2, 0.25) is 0 Å². The van der Waals surface area contributed by atoms with E-state index in [-0.39, 0.29) is 12.2 Å². The third-order valence-electron chi connectivity index (χ3n) is 6.89. The van der Waals surface area contributed by atoms with Crippen LogP contribution in [-0.4, -0.2) is 37.3 Å². The number of ether oxygens (including phenoxy) is 2. The monoisotopic (exact) mass is 517 g/mol. The molecular formula is C29H31N3O4S. The van der Waals surface area contributed by atoms with E-state index in [0.717, 1.165) is 24.2 Å². The third kappa shape index (κ3) is 4.73. The van der Waals surface area contributed by atoms with Gasteiger partial charge in [-0.15, -0.1) is 0 Å². The number of rotatable bonds is 6. The number of aryl methyl sites for hydroxylation is 1. The van der Waals surface area contributed by atoms with Gasteiger partial charge < -0.3 is 14.4 Å². The molecular weight excluding hydrogens is 486 g/mol. The molecule has 7 nitrogen and oxygen atoms in total. The summed E-state index contributed by atoms with van der Waals surface area (Å²) in [6.07, 6.45) is 4.37. The highest BCUT2D eigenvalue weighted by molar-refractivity contribution is 7.07. The standard InChI is InChI=1S/C29H31N3O4S/c1-5-36-28(34)25-19(3)30-29-32(26(25)21-9-8-10-22(17-21)35-4)27(33)24(37-29)16-20-11-12-23(18(2)15-20)31-13-6-7-14-31/h8-12,15-17,26H,5-7,13-14H2,1-4H3/b24-16+/t26-/m0/s1. The lowest BCUT2D eigenvalue weighted by Crippen LogP contribution is -2.39. The van der Waals surface area contributed by atoms with E-state index < -0.39 is 12.0 Å². The maximum absolute atomic E-state index is 13.8. The van der Waals surface area contributed by atoms with E-state index in [1.165, 1.54) is 35.4 Å². The summed E-state index contributed by atoms with van der Waals surface area (Å²) in [7, 11) is 1.59. The van der Waals surface area contributed by atoms with E-state index in [0.29, 0.717) is 26.4 Å². The molecule has 37 heavy (non-hydrogen) atoms. The van der Waals surface area contributed by atoms with Crippen LogP contribution in [0.3, 0.4) is 0 Å². The highest BCUT2D eigenvalue weighted by atomic mass is 32.1. The van der Waals surface area contributed by atoms with Gasteiger partial charge in [-0.1, -0.05) is 29.5 Å². The predicted octanol–water partition coefficient (Wildman–Crippen LogP) is 3.72. The summed E-state index contributed by atoms with van der Waals surface area (Å²) < 4.78 is 13.0. The first-order valence-corrected chi connectivity index (χ1v) is 13.4. The number of carbonyl (C=O) groups excluding carboxylic acids is 1. The number of nitrogens with zero attached hydrogens (tertiary/aromatic N) is 3. The zero-order chi connectivity index (χ0) is 26.1. The smallest absolute Gasteiger partial charge is 0.338 e. The number of anilines is 1. The number of thiazole rings is 1. The number of esters is 1. The number of carbonyl (C=O) groups is 1. The predicted molar refractivity (Wildman–Crippen MR) is 146 cm³/mol. The molecule has 3 heterocycles. The summed E-state index contributed by atoms with van der Waals surface area (Å²) >= 11 is 1.33. The van der Waals surface area contributed by atoms with Crippen LogP contribution in [0, 0.1) is 6.92 Å². The fraction of sp³-hybridized carbons (Fsp3) is 0.345. The van der Waals surface area contributed by atoms with Gasteiger partial charge in [-0.3, -0.25) is 9.36 Å². The molecule has 0 bridgehead atoms. The van der Waals surface area contributed by atoms with Crippen molar-refractivity contribution in [2.24, 2.45) is 4.99 Å². The molecule has 0 saturated carbocycles. The summed E-state index contributed by atoms with van der Waals surface area (Å²) in [5.41, 5.74) is 4.89. The van der Waals surface area contributed by atoms with Gasteiger partial charge in [-0.25, -0.2) is 9.79 Å². The number of benzene rings is 2. The lowest BCUT2D eigenvalue weighted by atomic mass is 9.95. The molecule has 0 radical (unpaired) electrons. The maximum atomic E-state index is 13.8. The van der Waals surface area contributed by atoms with Gasteiger partial charge in [0.1, 0.15) is 5.75 Å². The number of fused-ring (bicyclic) bond motifs is 1. The third-order valence-corrected chi connectivity index (χ3v) is 7.87. The second-order valence-corrected chi connectivity index (χ2v) is 10.3. The Hall–Kier alpha value is -3.65. The highest BCUT2D eigenvalue weighted by Gasteiger charge is 2.33. The number of methoxy groups -OCH3 is 1. The molecule has 3 aromatic rings. The Morgan fingerprint density at radius 3 is 2.65 bits per heavy atom. The van der Waals surface area contributed by atoms with E-state index >= 15 is 0 Å². The average Bonchev–Trinajstić information content (AvgIpc) is 3.52. The van der Waals surface area contributed by atoms with Crippen LogP contribution < -0.4 is 24.5 Å². The molecule has 1 saturated heterocycles. The minimum Gasteiger partial charge on any atom is -0.497 e. The van der Waals surface area contributed by atoms with Crippen LogP contribution in [0.15, 0.2) is 63.5 Å². The van der Waals surface area contributed by atoms with Crippen molar-refractivity contribution in [3.05, 3.63) is 90.1 Å². The van der Waals surface area contributed by atoms with Crippen LogP contribution in [0.5, 0.6) is 5.75 Å². The molecule has 0 amide bonds. The first kappa shape index (κ1) is 25.0. The number of allylic oxidation sites excluding steroid dienone is 1. The molecule has 1 atom stereocenters. The Labute approximate surface area is 220 Å². The Morgan fingerprint density at radius 1 is 1.16 bits per heavy atom. The summed E-state index contributed by atoms with van der Waals surface area (Å²) in [6, 6.07) is 13.1. The molecule has 0 N–H and O–H groups in total. The van der Waals surface area contributed by atoms with E-state index in [4.69, 9.17) is 9.47 Å². The molecule has 2 aliphatic rings. The minimum absolute atomic E-state index is 0.188. The Bertz CT molecular complexity index is 1560. The molecule has 1 fully saturated rings. The van der Waals surface area contributed by atoms with Gasteiger partial charge in [-0.05, 0) is 80.6 Å². The topological polar surface area (TPSA) is 73.1 Å². The zero-order valence-electron chi connectivity index (χ0n) is 21.6. The highest BCUT2D eigenvalue weighted by Crippen LogP contribution is 2.32. The Kier molecular flexibility index (Phi) is 7.02. The van der Waals surface area contributed by atoms with Crippen molar-refractivity contribution in [3.63, 3.8) is 0 Å². The molecule has 0 aliphatic carbocycles. The van der Waals surface area contributed by atoms with Gasteiger partial charge in [0.05, 0.1) is 35.6 Å². The van der Waals surface area contributed by atoms with Crippen molar-refractivity contribution in [2.75, 3.05) is 31.7 Å². The molecule has 2 aliphatic heterocycles. The van der Waals surface area contributed by atoms with E-state index in [1.807, 2.05) is 30.3 Å².